The first-order valence-electron chi connectivity index (χ1n) is 7.07. The second-order valence-corrected chi connectivity index (χ2v) is 4.93. The van der Waals surface area contributed by atoms with E-state index in [2.05, 4.69) is 5.32 Å². The summed E-state index contributed by atoms with van der Waals surface area (Å²) < 4.78 is 4.76. The minimum Gasteiger partial charge on any atom is -0.467 e. The van der Waals surface area contributed by atoms with Crippen LogP contribution in [0.25, 0.3) is 0 Å². The lowest BCUT2D eigenvalue weighted by Gasteiger charge is -2.16. The first kappa shape index (κ1) is 16.2. The number of esters is 1. The fourth-order valence-corrected chi connectivity index (χ4v) is 2.17. The van der Waals surface area contributed by atoms with Gasteiger partial charge >= 0.3 is 5.97 Å². The van der Waals surface area contributed by atoms with Crippen LogP contribution in [0.1, 0.15) is 21.5 Å². The highest BCUT2D eigenvalue weighted by Crippen LogP contribution is 2.09. The average molecular weight is 308 g/mol. The van der Waals surface area contributed by atoms with Gasteiger partial charge in [-0.2, -0.15) is 5.26 Å². The zero-order valence-electron chi connectivity index (χ0n) is 12.7. The molecule has 0 fully saturated rings. The lowest BCUT2D eigenvalue weighted by atomic mass is 10.0. The molecule has 2 aromatic rings. The second-order valence-electron chi connectivity index (χ2n) is 4.93. The van der Waals surface area contributed by atoms with E-state index in [0.717, 1.165) is 5.56 Å². The number of hydrogen-bond acceptors (Lipinski definition) is 4. The number of amides is 1. The minimum atomic E-state index is -0.818. The third kappa shape index (κ3) is 4.42. The fourth-order valence-electron chi connectivity index (χ4n) is 2.17. The van der Waals surface area contributed by atoms with E-state index in [1.54, 1.807) is 48.5 Å². The van der Waals surface area contributed by atoms with Crippen LogP contribution >= 0.6 is 0 Å². The molecule has 5 nitrogen and oxygen atoms in total. The van der Waals surface area contributed by atoms with Gasteiger partial charge in [-0.1, -0.05) is 30.3 Å². The summed E-state index contributed by atoms with van der Waals surface area (Å²) in [6, 6.07) is 16.8. The van der Waals surface area contributed by atoms with Gasteiger partial charge in [0.2, 0.25) is 0 Å². The zero-order valence-corrected chi connectivity index (χ0v) is 12.7. The van der Waals surface area contributed by atoms with Gasteiger partial charge in [0.05, 0.1) is 18.7 Å². The Bertz CT molecular complexity index is 735. The summed E-state index contributed by atoms with van der Waals surface area (Å²) in [6.07, 6.45) is 0.251. The molecule has 0 bridgehead atoms. The van der Waals surface area contributed by atoms with Gasteiger partial charge in [-0.15, -0.1) is 0 Å². The quantitative estimate of drug-likeness (QED) is 0.858. The molecule has 1 amide bonds. The van der Waals surface area contributed by atoms with Crippen molar-refractivity contribution in [1.29, 1.82) is 5.26 Å². The number of nitrogens with one attached hydrogen (secondary N) is 1. The van der Waals surface area contributed by atoms with Crippen molar-refractivity contribution in [1.82, 2.24) is 5.32 Å². The summed E-state index contributed by atoms with van der Waals surface area (Å²) in [5.74, 6) is -0.880. The third-order valence-electron chi connectivity index (χ3n) is 3.32. The number of ether oxygens (including phenoxy) is 1. The van der Waals surface area contributed by atoms with Crippen molar-refractivity contribution in [3.63, 3.8) is 0 Å². The van der Waals surface area contributed by atoms with Crippen molar-refractivity contribution >= 4 is 11.9 Å². The number of rotatable bonds is 5. The van der Waals surface area contributed by atoms with Gasteiger partial charge in [-0.3, -0.25) is 4.79 Å². The summed E-state index contributed by atoms with van der Waals surface area (Å²) in [7, 11) is 1.27. The molecule has 0 radical (unpaired) electrons. The van der Waals surface area contributed by atoms with Gasteiger partial charge in [-0.25, -0.2) is 4.79 Å². The van der Waals surface area contributed by atoms with Gasteiger partial charge in [-0.05, 0) is 29.8 Å². The number of hydrogen-bond donors (Lipinski definition) is 1. The van der Waals surface area contributed by atoms with Crippen molar-refractivity contribution < 1.29 is 14.3 Å². The number of methoxy groups -OCH3 is 1. The molecule has 0 saturated heterocycles. The molecule has 1 atom stereocenters. The molecular formula is C18H16N2O3. The lowest BCUT2D eigenvalue weighted by molar-refractivity contribution is -0.142. The SMILES string of the molecule is COC(=O)[C@H](Cc1cccc(C#N)c1)NC(=O)c1ccccc1. The Hall–Kier alpha value is -3.13. The van der Waals surface area contributed by atoms with Crippen LogP contribution in [-0.2, 0) is 16.0 Å². The number of nitrogens with zero attached hydrogens (tertiary/aromatic N) is 1. The van der Waals surface area contributed by atoms with E-state index in [4.69, 9.17) is 10.00 Å². The van der Waals surface area contributed by atoms with Crippen LogP contribution in [0.4, 0.5) is 0 Å². The molecule has 5 heteroatoms. The standard InChI is InChI=1S/C18H16N2O3/c1-23-18(22)16(11-13-6-5-7-14(10-13)12-19)20-17(21)15-8-3-2-4-9-15/h2-10,16H,11H2,1H3,(H,20,21)/t16-/m0/s1. The first-order chi connectivity index (χ1) is 11.1. The molecule has 23 heavy (non-hydrogen) atoms. The molecule has 0 aromatic heterocycles. The smallest absolute Gasteiger partial charge is 0.328 e. The predicted molar refractivity (Wildman–Crippen MR) is 84.6 cm³/mol. The number of carbonyl (C=O) groups excluding carboxylic acids is 2. The van der Waals surface area contributed by atoms with Crippen LogP contribution in [-0.4, -0.2) is 25.0 Å². The summed E-state index contributed by atoms with van der Waals surface area (Å²) >= 11 is 0. The van der Waals surface area contributed by atoms with Crippen LogP contribution in [0.15, 0.2) is 54.6 Å². The normalized spacial score (nSPS) is 11.1. The molecule has 0 heterocycles. The summed E-state index contributed by atoms with van der Waals surface area (Å²) in [5, 5.41) is 11.6. The number of carbonyl (C=O) groups is 2. The first-order valence-corrected chi connectivity index (χ1v) is 7.07. The molecule has 0 saturated carbocycles. The molecular weight excluding hydrogens is 292 g/mol. The van der Waals surface area contributed by atoms with Crippen molar-refractivity contribution in [3.05, 3.63) is 71.3 Å². The Kier molecular flexibility index (Phi) is 5.48. The van der Waals surface area contributed by atoms with Crippen LogP contribution in [0.3, 0.4) is 0 Å². The molecule has 0 aliphatic carbocycles. The predicted octanol–water partition coefficient (Wildman–Crippen LogP) is 2.07. The molecule has 1 N–H and O–H groups in total. The maximum Gasteiger partial charge on any atom is 0.328 e. The van der Waals surface area contributed by atoms with Crippen molar-refractivity contribution in [3.8, 4) is 6.07 Å². The largest absolute Gasteiger partial charge is 0.467 e. The van der Waals surface area contributed by atoms with Crippen molar-refractivity contribution in [2.45, 2.75) is 12.5 Å². The van der Waals surface area contributed by atoms with E-state index in [1.807, 2.05) is 12.1 Å². The molecule has 0 aliphatic rings. The van der Waals surface area contributed by atoms with Crippen LogP contribution in [0, 0.1) is 11.3 Å². The van der Waals surface area contributed by atoms with E-state index in [-0.39, 0.29) is 12.3 Å². The number of benzene rings is 2. The maximum absolute atomic E-state index is 12.2. The van der Waals surface area contributed by atoms with E-state index in [1.165, 1.54) is 7.11 Å². The van der Waals surface area contributed by atoms with E-state index < -0.39 is 12.0 Å². The summed E-state index contributed by atoms with van der Waals surface area (Å²) in [5.41, 5.74) is 1.74. The van der Waals surface area contributed by atoms with Crippen molar-refractivity contribution in [2.75, 3.05) is 7.11 Å². The molecule has 116 valence electrons. The Balaban J connectivity index is 2.16. The highest BCUT2D eigenvalue weighted by Gasteiger charge is 2.22. The Morgan fingerprint density at radius 3 is 2.57 bits per heavy atom. The summed E-state index contributed by atoms with van der Waals surface area (Å²) in [6.45, 7) is 0. The molecule has 2 aromatic carbocycles. The van der Waals surface area contributed by atoms with E-state index >= 15 is 0 Å². The third-order valence-corrected chi connectivity index (χ3v) is 3.32. The number of nitriles is 1. The van der Waals surface area contributed by atoms with Gasteiger partial charge in [0.15, 0.2) is 0 Å². The molecule has 0 aliphatic heterocycles. The zero-order chi connectivity index (χ0) is 16.7. The van der Waals surface area contributed by atoms with Crippen LogP contribution < -0.4 is 5.32 Å². The van der Waals surface area contributed by atoms with Crippen LogP contribution in [0.2, 0.25) is 0 Å². The monoisotopic (exact) mass is 308 g/mol. The Morgan fingerprint density at radius 1 is 1.17 bits per heavy atom. The highest BCUT2D eigenvalue weighted by atomic mass is 16.5. The van der Waals surface area contributed by atoms with Gasteiger partial charge < -0.3 is 10.1 Å². The minimum absolute atomic E-state index is 0.251. The second kappa shape index (κ2) is 7.76. The van der Waals surface area contributed by atoms with Crippen molar-refractivity contribution in [2.24, 2.45) is 0 Å². The van der Waals surface area contributed by atoms with E-state index in [9.17, 15) is 9.59 Å². The molecule has 0 unspecified atom stereocenters. The molecule has 0 spiro atoms. The topological polar surface area (TPSA) is 79.2 Å². The highest BCUT2D eigenvalue weighted by molar-refractivity contribution is 5.96. The lowest BCUT2D eigenvalue weighted by Crippen LogP contribution is -2.43. The molecule has 2 rings (SSSR count). The van der Waals surface area contributed by atoms with E-state index in [0.29, 0.717) is 11.1 Å². The van der Waals surface area contributed by atoms with Crippen LogP contribution in [0.5, 0.6) is 0 Å². The Morgan fingerprint density at radius 2 is 1.91 bits per heavy atom. The Labute approximate surface area is 134 Å². The fraction of sp³-hybridized carbons (Fsp3) is 0.167. The summed E-state index contributed by atoms with van der Waals surface area (Å²) in [4.78, 5) is 24.2. The maximum atomic E-state index is 12.2. The van der Waals surface area contributed by atoms with Gasteiger partial charge in [0.25, 0.3) is 5.91 Å². The van der Waals surface area contributed by atoms with Gasteiger partial charge in [0, 0.05) is 12.0 Å². The van der Waals surface area contributed by atoms with Gasteiger partial charge in [0.1, 0.15) is 6.04 Å². The average Bonchev–Trinajstić information content (AvgIpc) is 2.61.